The zero-order chi connectivity index (χ0) is 16.1. The molecule has 122 valence electrons. The molecule has 2 heterocycles. The van der Waals surface area contributed by atoms with Crippen molar-refractivity contribution in [2.75, 3.05) is 29.9 Å². The number of hydrogen-bond donors (Lipinski definition) is 2. The standard InChI is InChI=1S/C18H22ClN3O/c19-16-5-2-1-4-15(16)12-21-17-6-3-9-20-18(17)22-10-7-14(13-23)8-11-22/h1-6,9,14,21,23H,7-8,10-13H2. The molecule has 0 spiro atoms. The van der Waals surface area contributed by atoms with Crippen molar-refractivity contribution in [1.29, 1.82) is 0 Å². The lowest BCUT2D eigenvalue weighted by molar-refractivity contribution is 0.203. The Labute approximate surface area is 142 Å². The normalized spacial score (nSPS) is 15.7. The van der Waals surface area contributed by atoms with Crippen LogP contribution in [-0.2, 0) is 6.54 Å². The van der Waals surface area contributed by atoms with Crippen molar-refractivity contribution < 1.29 is 5.11 Å². The van der Waals surface area contributed by atoms with E-state index in [0.29, 0.717) is 12.5 Å². The molecule has 0 amide bonds. The fourth-order valence-electron chi connectivity index (χ4n) is 2.95. The van der Waals surface area contributed by atoms with E-state index in [1.165, 1.54) is 0 Å². The van der Waals surface area contributed by atoms with Gasteiger partial charge in [-0.15, -0.1) is 0 Å². The second kappa shape index (κ2) is 7.66. The first-order valence-electron chi connectivity index (χ1n) is 8.06. The van der Waals surface area contributed by atoms with Crippen molar-refractivity contribution in [2.24, 2.45) is 5.92 Å². The van der Waals surface area contributed by atoms with Gasteiger partial charge in [0, 0.05) is 37.5 Å². The van der Waals surface area contributed by atoms with Crippen LogP contribution in [0.1, 0.15) is 18.4 Å². The third-order valence-corrected chi connectivity index (χ3v) is 4.75. The fraction of sp³-hybridized carbons (Fsp3) is 0.389. The highest BCUT2D eigenvalue weighted by Gasteiger charge is 2.21. The summed E-state index contributed by atoms with van der Waals surface area (Å²) in [5.41, 5.74) is 2.10. The number of aromatic nitrogens is 1. The van der Waals surface area contributed by atoms with E-state index in [9.17, 15) is 5.11 Å². The monoisotopic (exact) mass is 331 g/mol. The summed E-state index contributed by atoms with van der Waals surface area (Å²) in [4.78, 5) is 6.85. The number of nitrogens with one attached hydrogen (secondary N) is 1. The van der Waals surface area contributed by atoms with Crippen LogP contribution in [0.25, 0.3) is 0 Å². The summed E-state index contributed by atoms with van der Waals surface area (Å²) in [5, 5.41) is 13.5. The molecule has 2 N–H and O–H groups in total. The van der Waals surface area contributed by atoms with E-state index in [4.69, 9.17) is 11.6 Å². The first-order chi connectivity index (χ1) is 11.3. The summed E-state index contributed by atoms with van der Waals surface area (Å²) in [6.07, 6.45) is 3.85. The fourth-order valence-corrected chi connectivity index (χ4v) is 3.15. The van der Waals surface area contributed by atoms with E-state index in [1.807, 2.05) is 36.5 Å². The van der Waals surface area contributed by atoms with Crippen LogP contribution in [0.5, 0.6) is 0 Å². The van der Waals surface area contributed by atoms with Gasteiger partial charge in [-0.25, -0.2) is 4.98 Å². The molecule has 5 heteroatoms. The minimum Gasteiger partial charge on any atom is -0.396 e. The van der Waals surface area contributed by atoms with Crippen LogP contribution in [0.4, 0.5) is 11.5 Å². The maximum absolute atomic E-state index is 9.28. The van der Waals surface area contributed by atoms with Crippen molar-refractivity contribution in [2.45, 2.75) is 19.4 Å². The lowest BCUT2D eigenvalue weighted by atomic mass is 9.98. The van der Waals surface area contributed by atoms with Gasteiger partial charge in [0.1, 0.15) is 0 Å². The quantitative estimate of drug-likeness (QED) is 0.879. The Morgan fingerprint density at radius 3 is 2.70 bits per heavy atom. The Balaban J connectivity index is 1.70. The molecule has 1 aliphatic heterocycles. The molecule has 0 aliphatic carbocycles. The Bertz CT molecular complexity index is 642. The van der Waals surface area contributed by atoms with E-state index >= 15 is 0 Å². The van der Waals surface area contributed by atoms with Gasteiger partial charge in [0.15, 0.2) is 5.82 Å². The number of hydrogen-bond acceptors (Lipinski definition) is 4. The molecule has 0 radical (unpaired) electrons. The first kappa shape index (κ1) is 16.1. The van der Waals surface area contributed by atoms with E-state index in [-0.39, 0.29) is 6.61 Å². The predicted molar refractivity (Wildman–Crippen MR) is 95.0 cm³/mol. The van der Waals surface area contributed by atoms with Crippen molar-refractivity contribution in [3.63, 3.8) is 0 Å². The second-order valence-corrected chi connectivity index (χ2v) is 6.34. The van der Waals surface area contributed by atoms with Gasteiger partial charge in [-0.05, 0) is 42.5 Å². The molecule has 1 aromatic carbocycles. The van der Waals surface area contributed by atoms with Crippen LogP contribution in [0, 0.1) is 5.92 Å². The highest BCUT2D eigenvalue weighted by molar-refractivity contribution is 6.31. The molecule has 4 nitrogen and oxygen atoms in total. The van der Waals surface area contributed by atoms with Crippen LogP contribution < -0.4 is 10.2 Å². The first-order valence-corrected chi connectivity index (χ1v) is 8.44. The Morgan fingerprint density at radius 1 is 1.17 bits per heavy atom. The molecule has 1 aliphatic rings. The van der Waals surface area contributed by atoms with Gasteiger partial charge < -0.3 is 15.3 Å². The van der Waals surface area contributed by atoms with E-state index in [0.717, 1.165) is 48.0 Å². The molecule has 0 unspecified atom stereocenters. The number of pyridine rings is 1. The molecular weight excluding hydrogens is 310 g/mol. The van der Waals surface area contributed by atoms with Crippen molar-refractivity contribution in [3.05, 3.63) is 53.2 Å². The zero-order valence-electron chi connectivity index (χ0n) is 13.1. The van der Waals surface area contributed by atoms with Gasteiger partial charge in [-0.3, -0.25) is 0 Å². The highest BCUT2D eigenvalue weighted by atomic mass is 35.5. The summed E-state index contributed by atoms with van der Waals surface area (Å²) in [7, 11) is 0. The van der Waals surface area contributed by atoms with Gasteiger partial charge >= 0.3 is 0 Å². The number of rotatable bonds is 5. The topological polar surface area (TPSA) is 48.4 Å². The highest BCUT2D eigenvalue weighted by Crippen LogP contribution is 2.28. The molecule has 2 aromatic rings. The SMILES string of the molecule is OCC1CCN(c2ncccc2NCc2ccccc2Cl)CC1. The zero-order valence-corrected chi connectivity index (χ0v) is 13.8. The van der Waals surface area contributed by atoms with Gasteiger partial charge in [0.05, 0.1) is 5.69 Å². The molecule has 0 bridgehead atoms. The smallest absolute Gasteiger partial charge is 0.151 e. The lowest BCUT2D eigenvalue weighted by Crippen LogP contribution is -2.35. The van der Waals surface area contributed by atoms with Crippen molar-refractivity contribution >= 4 is 23.1 Å². The number of anilines is 2. The molecule has 0 atom stereocenters. The number of halogens is 1. The summed E-state index contributed by atoms with van der Waals surface area (Å²) in [6, 6.07) is 11.9. The summed E-state index contributed by atoms with van der Waals surface area (Å²) < 4.78 is 0. The van der Waals surface area contributed by atoms with Crippen LogP contribution in [0.3, 0.4) is 0 Å². The summed E-state index contributed by atoms with van der Waals surface area (Å²) in [5.74, 6) is 1.41. The second-order valence-electron chi connectivity index (χ2n) is 5.93. The summed E-state index contributed by atoms with van der Waals surface area (Å²) >= 11 is 6.22. The molecule has 23 heavy (non-hydrogen) atoms. The minimum absolute atomic E-state index is 0.285. The van der Waals surface area contributed by atoms with Gasteiger partial charge in [0.25, 0.3) is 0 Å². The Kier molecular flexibility index (Phi) is 5.36. The maximum atomic E-state index is 9.28. The molecular formula is C18H22ClN3O. The number of benzene rings is 1. The van der Waals surface area contributed by atoms with Crippen LogP contribution in [0.2, 0.25) is 5.02 Å². The van der Waals surface area contributed by atoms with Gasteiger partial charge in [-0.1, -0.05) is 29.8 Å². The lowest BCUT2D eigenvalue weighted by Gasteiger charge is -2.33. The van der Waals surface area contributed by atoms with Crippen LogP contribution in [0.15, 0.2) is 42.6 Å². The van der Waals surface area contributed by atoms with Crippen molar-refractivity contribution in [1.82, 2.24) is 4.98 Å². The largest absolute Gasteiger partial charge is 0.396 e. The average molecular weight is 332 g/mol. The van der Waals surface area contributed by atoms with Gasteiger partial charge in [-0.2, -0.15) is 0 Å². The third-order valence-electron chi connectivity index (χ3n) is 4.39. The number of aliphatic hydroxyl groups excluding tert-OH is 1. The van der Waals surface area contributed by atoms with Crippen LogP contribution >= 0.6 is 11.6 Å². The average Bonchev–Trinajstić information content (AvgIpc) is 2.61. The Morgan fingerprint density at radius 2 is 1.96 bits per heavy atom. The van der Waals surface area contributed by atoms with E-state index in [1.54, 1.807) is 0 Å². The number of piperidine rings is 1. The number of aliphatic hydroxyl groups is 1. The summed E-state index contributed by atoms with van der Waals surface area (Å²) in [6.45, 7) is 2.82. The van der Waals surface area contributed by atoms with Crippen molar-refractivity contribution in [3.8, 4) is 0 Å². The maximum Gasteiger partial charge on any atom is 0.151 e. The van der Waals surface area contributed by atoms with E-state index in [2.05, 4.69) is 21.3 Å². The molecule has 0 saturated carbocycles. The molecule has 1 aromatic heterocycles. The number of nitrogens with zero attached hydrogens (tertiary/aromatic N) is 2. The van der Waals surface area contributed by atoms with E-state index < -0.39 is 0 Å². The molecule has 1 saturated heterocycles. The third kappa shape index (κ3) is 3.95. The van der Waals surface area contributed by atoms with Crippen LogP contribution in [-0.4, -0.2) is 29.8 Å². The molecule has 3 rings (SSSR count). The van der Waals surface area contributed by atoms with Gasteiger partial charge in [0.2, 0.25) is 0 Å². The molecule has 1 fully saturated rings. The minimum atomic E-state index is 0.285. The predicted octanol–water partition coefficient (Wildman–Crippen LogP) is 3.56. The Hall–Kier alpha value is -1.78.